The van der Waals surface area contributed by atoms with Gasteiger partial charge in [0.05, 0.1) is 19.8 Å². The number of nitrogens with two attached hydrogens (primary N) is 1. The number of anilines is 1. The van der Waals surface area contributed by atoms with Gasteiger partial charge in [-0.2, -0.15) is 9.40 Å². The predicted octanol–water partition coefficient (Wildman–Crippen LogP) is 0.0128. The second kappa shape index (κ2) is 5.24. The maximum atomic E-state index is 12.8. The zero-order chi connectivity index (χ0) is 15.1. The molecule has 0 radical (unpaired) electrons. The zero-order valence-electron chi connectivity index (χ0n) is 12.0. The molecule has 0 atom stereocenters. The standard InChI is InChI=1S/C12H20N4O4S/c1-2-15-8-10(11(13)14-15)21(17,18)16-5-3-4-12(9-16)19-6-7-20-12/h8H,2-7,9H2,1H3,(H2,13,14). The van der Waals surface area contributed by atoms with Crippen molar-refractivity contribution in [3.63, 3.8) is 0 Å². The molecule has 1 aromatic rings. The van der Waals surface area contributed by atoms with E-state index in [1.54, 1.807) is 0 Å². The summed E-state index contributed by atoms with van der Waals surface area (Å²) in [4.78, 5) is 0.0550. The Hall–Kier alpha value is -1.16. The number of aromatic nitrogens is 2. The van der Waals surface area contributed by atoms with Crippen LogP contribution >= 0.6 is 0 Å². The molecular formula is C12H20N4O4S. The van der Waals surface area contributed by atoms with Crippen molar-refractivity contribution in [3.05, 3.63) is 6.20 Å². The smallest absolute Gasteiger partial charge is 0.248 e. The average Bonchev–Trinajstić information content (AvgIpc) is 3.06. The van der Waals surface area contributed by atoms with E-state index in [1.165, 1.54) is 15.2 Å². The van der Waals surface area contributed by atoms with E-state index < -0.39 is 15.8 Å². The highest BCUT2D eigenvalue weighted by atomic mass is 32.2. The number of ether oxygens (including phenoxy) is 2. The van der Waals surface area contributed by atoms with Crippen LogP contribution in [0.3, 0.4) is 0 Å². The van der Waals surface area contributed by atoms with Crippen LogP contribution in [0.4, 0.5) is 5.82 Å². The van der Waals surface area contributed by atoms with Crippen molar-refractivity contribution in [1.29, 1.82) is 0 Å². The normalized spacial score (nSPS) is 22.9. The summed E-state index contributed by atoms with van der Waals surface area (Å²) in [5.41, 5.74) is 5.75. The van der Waals surface area contributed by atoms with Gasteiger partial charge in [-0.25, -0.2) is 8.42 Å². The molecule has 2 N–H and O–H groups in total. The minimum Gasteiger partial charge on any atom is -0.381 e. The molecule has 2 saturated heterocycles. The SMILES string of the molecule is CCn1cc(S(=O)(=O)N2CCCC3(C2)OCCO3)c(N)n1. The summed E-state index contributed by atoms with van der Waals surface area (Å²) in [6.07, 6.45) is 2.88. The topological polar surface area (TPSA) is 99.7 Å². The van der Waals surface area contributed by atoms with Gasteiger partial charge in [0, 0.05) is 25.7 Å². The van der Waals surface area contributed by atoms with Gasteiger partial charge in [0.1, 0.15) is 4.90 Å². The molecule has 0 saturated carbocycles. The van der Waals surface area contributed by atoms with Crippen LogP contribution in [0.15, 0.2) is 11.1 Å². The molecule has 9 heteroatoms. The first-order chi connectivity index (χ1) is 9.97. The van der Waals surface area contributed by atoms with Gasteiger partial charge in [0.2, 0.25) is 10.0 Å². The minimum atomic E-state index is -3.68. The Morgan fingerprint density at radius 3 is 2.76 bits per heavy atom. The van der Waals surface area contributed by atoms with Crippen molar-refractivity contribution in [2.24, 2.45) is 0 Å². The van der Waals surface area contributed by atoms with E-state index in [2.05, 4.69) is 5.10 Å². The van der Waals surface area contributed by atoms with Gasteiger partial charge in [-0.3, -0.25) is 4.68 Å². The van der Waals surface area contributed by atoms with Crippen molar-refractivity contribution >= 4 is 15.8 Å². The van der Waals surface area contributed by atoms with Crippen molar-refractivity contribution in [3.8, 4) is 0 Å². The summed E-state index contributed by atoms with van der Waals surface area (Å²) in [6.45, 7) is 4.09. The first kappa shape index (κ1) is 14.8. The molecule has 2 aliphatic heterocycles. The third kappa shape index (κ3) is 2.54. The van der Waals surface area contributed by atoms with Crippen LogP contribution in [-0.4, -0.2) is 54.6 Å². The van der Waals surface area contributed by atoms with Crippen LogP contribution in [0.25, 0.3) is 0 Å². The highest BCUT2D eigenvalue weighted by Crippen LogP contribution is 2.33. The highest BCUT2D eigenvalue weighted by molar-refractivity contribution is 7.89. The van der Waals surface area contributed by atoms with Gasteiger partial charge in [-0.15, -0.1) is 0 Å². The van der Waals surface area contributed by atoms with Crippen LogP contribution in [0, 0.1) is 0 Å². The monoisotopic (exact) mass is 316 g/mol. The third-order valence-corrected chi connectivity index (χ3v) is 5.75. The quantitative estimate of drug-likeness (QED) is 0.843. The van der Waals surface area contributed by atoms with Gasteiger partial charge in [-0.05, 0) is 13.3 Å². The van der Waals surface area contributed by atoms with E-state index in [0.29, 0.717) is 39.1 Å². The second-order valence-electron chi connectivity index (χ2n) is 5.28. The van der Waals surface area contributed by atoms with Crippen molar-refractivity contribution in [2.75, 3.05) is 32.0 Å². The fourth-order valence-corrected chi connectivity index (χ4v) is 4.38. The molecule has 118 valence electrons. The largest absolute Gasteiger partial charge is 0.381 e. The van der Waals surface area contributed by atoms with Gasteiger partial charge in [-0.1, -0.05) is 0 Å². The van der Waals surface area contributed by atoms with E-state index in [4.69, 9.17) is 15.2 Å². The lowest BCUT2D eigenvalue weighted by molar-refractivity contribution is -0.179. The number of sulfonamides is 1. The molecule has 0 amide bonds. The third-order valence-electron chi connectivity index (χ3n) is 3.89. The molecule has 3 heterocycles. The summed E-state index contributed by atoms with van der Waals surface area (Å²) in [5, 5.41) is 4.01. The maximum Gasteiger partial charge on any atom is 0.248 e. The second-order valence-corrected chi connectivity index (χ2v) is 7.19. The van der Waals surface area contributed by atoms with Gasteiger partial charge >= 0.3 is 0 Å². The molecule has 1 aromatic heterocycles. The summed E-state index contributed by atoms with van der Waals surface area (Å²) in [7, 11) is -3.68. The van der Waals surface area contributed by atoms with Crippen LogP contribution in [0.1, 0.15) is 19.8 Å². The van der Waals surface area contributed by atoms with E-state index in [0.717, 1.165) is 0 Å². The molecule has 0 bridgehead atoms. The lowest BCUT2D eigenvalue weighted by atomic mass is 10.1. The fraction of sp³-hybridized carbons (Fsp3) is 0.750. The first-order valence-electron chi connectivity index (χ1n) is 7.08. The van der Waals surface area contributed by atoms with Crippen molar-refractivity contribution in [2.45, 2.75) is 37.0 Å². The molecule has 0 aromatic carbocycles. The number of nitrogen functional groups attached to an aromatic ring is 1. The van der Waals surface area contributed by atoms with E-state index in [-0.39, 0.29) is 17.3 Å². The fourth-order valence-electron chi connectivity index (χ4n) is 2.81. The van der Waals surface area contributed by atoms with Crippen LogP contribution in [0.2, 0.25) is 0 Å². The summed E-state index contributed by atoms with van der Waals surface area (Å²) >= 11 is 0. The van der Waals surface area contributed by atoms with E-state index >= 15 is 0 Å². The van der Waals surface area contributed by atoms with Crippen molar-refractivity contribution in [1.82, 2.24) is 14.1 Å². The Bertz CT molecular complexity index is 621. The Labute approximate surface area is 123 Å². The highest BCUT2D eigenvalue weighted by Gasteiger charge is 2.45. The maximum absolute atomic E-state index is 12.8. The lowest BCUT2D eigenvalue weighted by Crippen LogP contribution is -2.50. The summed E-state index contributed by atoms with van der Waals surface area (Å²) < 4.78 is 39.7. The van der Waals surface area contributed by atoms with Gasteiger partial charge in [0.25, 0.3) is 0 Å². The van der Waals surface area contributed by atoms with Crippen LogP contribution in [-0.2, 0) is 26.0 Å². The number of hydrogen-bond acceptors (Lipinski definition) is 6. The number of aryl methyl sites for hydroxylation is 1. The summed E-state index contributed by atoms with van der Waals surface area (Å²) in [6, 6.07) is 0. The molecule has 1 spiro atoms. The Morgan fingerprint density at radius 2 is 2.14 bits per heavy atom. The molecular weight excluding hydrogens is 296 g/mol. The molecule has 8 nitrogen and oxygen atoms in total. The van der Waals surface area contributed by atoms with Gasteiger partial charge < -0.3 is 15.2 Å². The number of nitrogens with zero attached hydrogens (tertiary/aromatic N) is 3. The molecule has 2 aliphatic rings. The molecule has 21 heavy (non-hydrogen) atoms. The Morgan fingerprint density at radius 1 is 1.43 bits per heavy atom. The Kier molecular flexibility index (Phi) is 3.68. The zero-order valence-corrected chi connectivity index (χ0v) is 12.8. The minimum absolute atomic E-state index is 0.0322. The van der Waals surface area contributed by atoms with Crippen molar-refractivity contribution < 1.29 is 17.9 Å². The molecule has 0 aliphatic carbocycles. The first-order valence-corrected chi connectivity index (χ1v) is 8.52. The van der Waals surface area contributed by atoms with E-state index in [1.807, 2.05) is 6.92 Å². The Balaban J connectivity index is 1.88. The summed E-state index contributed by atoms with van der Waals surface area (Å²) in [5.74, 6) is -0.759. The predicted molar refractivity (Wildman–Crippen MR) is 74.9 cm³/mol. The van der Waals surface area contributed by atoms with E-state index in [9.17, 15) is 8.42 Å². The van der Waals surface area contributed by atoms with Gasteiger partial charge in [0.15, 0.2) is 11.6 Å². The van der Waals surface area contributed by atoms with Crippen LogP contribution < -0.4 is 5.73 Å². The number of rotatable bonds is 3. The molecule has 0 unspecified atom stereocenters. The number of hydrogen-bond donors (Lipinski definition) is 1. The number of piperidine rings is 1. The molecule has 2 fully saturated rings. The lowest BCUT2D eigenvalue weighted by Gasteiger charge is -2.37. The molecule has 3 rings (SSSR count). The average molecular weight is 316 g/mol. The van der Waals surface area contributed by atoms with Crippen LogP contribution in [0.5, 0.6) is 0 Å².